The van der Waals surface area contributed by atoms with Gasteiger partial charge in [0.25, 0.3) is 5.91 Å². The SMILES string of the molecule is CC[C@@H](CNc1ccc(Cl)cn1)N(C)C(=O)c1ccccc1-c1ccccc1. The minimum Gasteiger partial charge on any atom is -0.368 e. The summed E-state index contributed by atoms with van der Waals surface area (Å²) < 4.78 is 0. The molecule has 4 nitrogen and oxygen atoms in total. The summed E-state index contributed by atoms with van der Waals surface area (Å²) >= 11 is 5.88. The van der Waals surface area contributed by atoms with Crippen molar-refractivity contribution in [3.8, 4) is 11.1 Å². The molecule has 28 heavy (non-hydrogen) atoms. The molecule has 3 aromatic rings. The average molecular weight is 394 g/mol. The van der Waals surface area contributed by atoms with Gasteiger partial charge in [0.1, 0.15) is 5.82 Å². The summed E-state index contributed by atoms with van der Waals surface area (Å²) in [5.74, 6) is 0.755. The van der Waals surface area contributed by atoms with Gasteiger partial charge in [-0.25, -0.2) is 4.98 Å². The van der Waals surface area contributed by atoms with Gasteiger partial charge in [0.15, 0.2) is 0 Å². The molecular weight excluding hydrogens is 370 g/mol. The Balaban J connectivity index is 1.76. The number of nitrogens with zero attached hydrogens (tertiary/aromatic N) is 2. The average Bonchev–Trinajstić information content (AvgIpc) is 2.75. The van der Waals surface area contributed by atoms with Crippen LogP contribution in [0.4, 0.5) is 5.82 Å². The predicted molar refractivity (Wildman–Crippen MR) is 116 cm³/mol. The number of aromatic nitrogens is 1. The Morgan fingerprint density at radius 3 is 2.46 bits per heavy atom. The number of nitrogens with one attached hydrogen (secondary N) is 1. The molecule has 0 spiro atoms. The summed E-state index contributed by atoms with van der Waals surface area (Å²) in [5, 5.41) is 3.89. The summed E-state index contributed by atoms with van der Waals surface area (Å²) in [6, 6.07) is 21.4. The molecule has 1 amide bonds. The molecule has 0 unspecified atom stereocenters. The van der Waals surface area contributed by atoms with Gasteiger partial charge in [-0.1, -0.05) is 67.1 Å². The van der Waals surface area contributed by atoms with E-state index < -0.39 is 0 Å². The number of hydrogen-bond acceptors (Lipinski definition) is 3. The van der Waals surface area contributed by atoms with E-state index in [0.29, 0.717) is 17.1 Å². The van der Waals surface area contributed by atoms with E-state index in [0.717, 1.165) is 23.4 Å². The lowest BCUT2D eigenvalue weighted by Gasteiger charge is -2.28. The van der Waals surface area contributed by atoms with E-state index in [2.05, 4.69) is 17.2 Å². The molecule has 0 aliphatic carbocycles. The number of likely N-dealkylation sites (N-methyl/N-ethyl adjacent to an activating group) is 1. The topological polar surface area (TPSA) is 45.2 Å². The molecule has 1 heterocycles. The Morgan fingerprint density at radius 2 is 1.79 bits per heavy atom. The van der Waals surface area contributed by atoms with Gasteiger partial charge in [-0.3, -0.25) is 4.79 Å². The van der Waals surface area contributed by atoms with Crippen LogP contribution in [-0.4, -0.2) is 35.4 Å². The van der Waals surface area contributed by atoms with Gasteiger partial charge in [-0.2, -0.15) is 0 Å². The fraction of sp³-hybridized carbons (Fsp3) is 0.217. The third-order valence-corrected chi connectivity index (χ3v) is 5.05. The van der Waals surface area contributed by atoms with Crippen molar-refractivity contribution >= 4 is 23.3 Å². The molecule has 1 N–H and O–H groups in total. The van der Waals surface area contributed by atoms with Gasteiger partial charge in [0, 0.05) is 31.4 Å². The van der Waals surface area contributed by atoms with Crippen molar-refractivity contribution in [2.75, 3.05) is 18.9 Å². The number of carbonyl (C=O) groups excluding carboxylic acids is 1. The van der Waals surface area contributed by atoms with Crippen molar-refractivity contribution < 1.29 is 4.79 Å². The lowest BCUT2D eigenvalue weighted by atomic mass is 9.98. The van der Waals surface area contributed by atoms with Gasteiger partial charge in [-0.15, -0.1) is 0 Å². The number of carbonyl (C=O) groups is 1. The maximum Gasteiger partial charge on any atom is 0.254 e. The normalized spacial score (nSPS) is 11.7. The summed E-state index contributed by atoms with van der Waals surface area (Å²) in [7, 11) is 1.86. The number of pyridine rings is 1. The number of hydrogen-bond donors (Lipinski definition) is 1. The maximum absolute atomic E-state index is 13.3. The van der Waals surface area contributed by atoms with Crippen LogP contribution in [0.5, 0.6) is 0 Å². The molecule has 0 bridgehead atoms. The second-order valence-corrected chi connectivity index (χ2v) is 7.07. The van der Waals surface area contributed by atoms with E-state index in [1.54, 1.807) is 12.3 Å². The second kappa shape index (κ2) is 9.38. The van der Waals surface area contributed by atoms with Crippen LogP contribution in [0.15, 0.2) is 72.9 Å². The minimum atomic E-state index is 0.0113. The van der Waals surface area contributed by atoms with Crippen molar-refractivity contribution in [1.82, 2.24) is 9.88 Å². The number of amides is 1. The highest BCUT2D eigenvalue weighted by Gasteiger charge is 2.22. The highest BCUT2D eigenvalue weighted by atomic mass is 35.5. The molecule has 5 heteroatoms. The Labute approximate surface area is 171 Å². The molecule has 0 saturated heterocycles. The third kappa shape index (κ3) is 4.70. The molecule has 0 radical (unpaired) electrons. The zero-order chi connectivity index (χ0) is 19.9. The summed E-state index contributed by atoms with van der Waals surface area (Å²) in [6.07, 6.45) is 2.44. The van der Waals surface area contributed by atoms with Crippen molar-refractivity contribution in [3.05, 3.63) is 83.5 Å². The zero-order valence-corrected chi connectivity index (χ0v) is 16.9. The van der Waals surface area contributed by atoms with Crippen LogP contribution < -0.4 is 5.32 Å². The third-order valence-electron chi connectivity index (χ3n) is 4.83. The zero-order valence-electron chi connectivity index (χ0n) is 16.1. The van der Waals surface area contributed by atoms with E-state index >= 15 is 0 Å². The molecule has 1 aromatic heterocycles. The number of rotatable bonds is 7. The first kappa shape index (κ1) is 19.9. The standard InChI is InChI=1S/C23H24ClN3O/c1-3-19(16-26-22-14-13-18(24)15-25-22)27(2)23(28)21-12-8-7-11-20(21)17-9-5-4-6-10-17/h4-15,19H,3,16H2,1-2H3,(H,25,26)/t19-/m0/s1. The van der Waals surface area contributed by atoms with Crippen molar-refractivity contribution in [2.45, 2.75) is 19.4 Å². The molecule has 0 aliphatic rings. The highest BCUT2D eigenvalue weighted by molar-refractivity contribution is 6.30. The van der Waals surface area contributed by atoms with Gasteiger partial charge in [0.2, 0.25) is 0 Å². The van der Waals surface area contributed by atoms with Crippen LogP contribution in [0.1, 0.15) is 23.7 Å². The Morgan fingerprint density at radius 1 is 1.07 bits per heavy atom. The Bertz CT molecular complexity index is 913. The first-order chi connectivity index (χ1) is 13.6. The predicted octanol–water partition coefficient (Wildman–Crippen LogP) is 5.36. The fourth-order valence-electron chi connectivity index (χ4n) is 3.15. The van der Waals surface area contributed by atoms with E-state index in [1.165, 1.54) is 0 Å². The monoisotopic (exact) mass is 393 g/mol. The Hall–Kier alpha value is -2.85. The first-order valence-electron chi connectivity index (χ1n) is 9.37. The van der Waals surface area contributed by atoms with Crippen LogP contribution in [0.3, 0.4) is 0 Å². The van der Waals surface area contributed by atoms with E-state index in [4.69, 9.17) is 11.6 Å². The van der Waals surface area contributed by atoms with Gasteiger partial charge < -0.3 is 10.2 Å². The van der Waals surface area contributed by atoms with Gasteiger partial charge in [0.05, 0.1) is 5.02 Å². The van der Waals surface area contributed by atoms with Gasteiger partial charge >= 0.3 is 0 Å². The smallest absolute Gasteiger partial charge is 0.254 e. The number of anilines is 1. The van der Waals surface area contributed by atoms with E-state index in [-0.39, 0.29) is 11.9 Å². The molecule has 0 fully saturated rings. The minimum absolute atomic E-state index is 0.0113. The van der Waals surface area contributed by atoms with Crippen LogP contribution in [0.2, 0.25) is 5.02 Å². The van der Waals surface area contributed by atoms with Crippen molar-refractivity contribution in [2.24, 2.45) is 0 Å². The van der Waals surface area contributed by atoms with Crippen LogP contribution in [0.25, 0.3) is 11.1 Å². The molecule has 2 aromatic carbocycles. The highest BCUT2D eigenvalue weighted by Crippen LogP contribution is 2.25. The van der Waals surface area contributed by atoms with Crippen molar-refractivity contribution in [3.63, 3.8) is 0 Å². The molecule has 3 rings (SSSR count). The first-order valence-corrected chi connectivity index (χ1v) is 9.75. The molecular formula is C23H24ClN3O. The maximum atomic E-state index is 13.3. The Kier molecular flexibility index (Phi) is 6.66. The summed E-state index contributed by atoms with van der Waals surface area (Å²) in [4.78, 5) is 19.3. The molecule has 0 saturated carbocycles. The second-order valence-electron chi connectivity index (χ2n) is 6.63. The molecule has 144 valence electrons. The lowest BCUT2D eigenvalue weighted by molar-refractivity contribution is 0.0737. The van der Waals surface area contributed by atoms with Crippen LogP contribution in [-0.2, 0) is 0 Å². The quantitative estimate of drug-likeness (QED) is 0.587. The largest absolute Gasteiger partial charge is 0.368 e. The van der Waals surface area contributed by atoms with Crippen molar-refractivity contribution in [1.29, 1.82) is 0 Å². The number of halogens is 1. The number of benzene rings is 2. The van der Waals surface area contributed by atoms with Crippen LogP contribution >= 0.6 is 11.6 Å². The fourth-order valence-corrected chi connectivity index (χ4v) is 3.26. The van der Waals surface area contributed by atoms with E-state index in [1.807, 2.05) is 72.6 Å². The van der Waals surface area contributed by atoms with Gasteiger partial charge in [-0.05, 0) is 35.7 Å². The van der Waals surface area contributed by atoms with E-state index in [9.17, 15) is 4.79 Å². The summed E-state index contributed by atoms with van der Waals surface area (Å²) in [6.45, 7) is 2.69. The molecule has 1 atom stereocenters. The lowest BCUT2D eigenvalue weighted by Crippen LogP contribution is -2.41. The molecule has 0 aliphatic heterocycles. The van der Waals surface area contributed by atoms with Crippen LogP contribution in [0, 0.1) is 0 Å². The summed E-state index contributed by atoms with van der Waals surface area (Å²) in [5.41, 5.74) is 2.69.